The largest absolute Gasteiger partial charge is 0.490 e. The highest BCUT2D eigenvalue weighted by atomic mass is 16.5. The van der Waals surface area contributed by atoms with E-state index in [1.165, 1.54) is 24.1 Å². The molecule has 4 rings (SSSR count). The number of hydrogen-bond acceptors (Lipinski definition) is 3. The van der Waals surface area contributed by atoms with Crippen molar-refractivity contribution in [3.05, 3.63) is 52.8 Å². The molecule has 3 N–H and O–H groups in total. The number of para-hydroxylation sites is 1. The van der Waals surface area contributed by atoms with Crippen LogP contribution in [0.3, 0.4) is 0 Å². The summed E-state index contributed by atoms with van der Waals surface area (Å²) in [4.78, 5) is 15.8. The molecule has 1 amide bonds. The van der Waals surface area contributed by atoms with Gasteiger partial charge in [-0.1, -0.05) is 18.2 Å². The third-order valence-electron chi connectivity index (χ3n) is 4.69. The lowest BCUT2D eigenvalue weighted by molar-refractivity contribution is 0.0500. The third kappa shape index (κ3) is 2.61. The Balaban J connectivity index is 1.57. The summed E-state index contributed by atoms with van der Waals surface area (Å²) in [5.74, 6) is 0.536. The van der Waals surface area contributed by atoms with Crippen LogP contribution in [0.15, 0.2) is 30.3 Å². The number of carbonyl (C=O) groups is 1. The molecule has 1 aromatic heterocycles. The van der Waals surface area contributed by atoms with Gasteiger partial charge in [0.05, 0.1) is 6.04 Å². The molecule has 0 unspecified atom stereocenters. The van der Waals surface area contributed by atoms with Crippen molar-refractivity contribution in [1.82, 2.24) is 10.3 Å². The number of aliphatic hydroxyl groups is 1. The first-order valence-electron chi connectivity index (χ1n) is 8.14. The molecule has 5 heteroatoms. The summed E-state index contributed by atoms with van der Waals surface area (Å²) in [5.41, 5.74) is 3.81. The number of fused-ring (bicyclic) bond motifs is 2. The Morgan fingerprint density at radius 2 is 2.09 bits per heavy atom. The molecule has 1 aliphatic carbocycles. The molecule has 1 aliphatic heterocycles. The summed E-state index contributed by atoms with van der Waals surface area (Å²) < 4.78 is 5.51. The second kappa shape index (κ2) is 5.74. The topological polar surface area (TPSA) is 74.3 Å². The summed E-state index contributed by atoms with van der Waals surface area (Å²) in [6.45, 7) is 0.184. The summed E-state index contributed by atoms with van der Waals surface area (Å²) in [5, 5.41) is 13.2. The van der Waals surface area contributed by atoms with Crippen LogP contribution in [0.1, 0.15) is 46.2 Å². The van der Waals surface area contributed by atoms with Crippen molar-refractivity contribution in [2.45, 2.75) is 37.8 Å². The molecule has 0 saturated heterocycles. The summed E-state index contributed by atoms with van der Waals surface area (Å²) in [6, 6.07) is 8.99. The number of benzene rings is 1. The lowest BCUT2D eigenvalue weighted by atomic mass is 9.97. The zero-order valence-corrected chi connectivity index (χ0v) is 12.8. The van der Waals surface area contributed by atoms with Gasteiger partial charge >= 0.3 is 0 Å². The smallest absolute Gasteiger partial charge is 0.268 e. The summed E-state index contributed by atoms with van der Waals surface area (Å²) >= 11 is 0. The maximum Gasteiger partial charge on any atom is 0.268 e. The standard InChI is InChI=1S/C18H20N2O3/c21-15-10-23-16-8-4-2-6-12(16)17(15)20-18(22)14-9-11-5-1-3-7-13(11)19-14/h2,4,6,8-9,15,17,19,21H,1,3,5,7,10H2,(H,20,22)/t15-,17+/m1/s1. The highest BCUT2D eigenvalue weighted by Gasteiger charge is 2.31. The molecule has 120 valence electrons. The van der Waals surface area contributed by atoms with Crippen molar-refractivity contribution in [2.24, 2.45) is 0 Å². The van der Waals surface area contributed by atoms with E-state index in [0.717, 1.165) is 18.4 Å². The molecule has 5 nitrogen and oxygen atoms in total. The molecular weight excluding hydrogens is 292 g/mol. The average Bonchev–Trinajstić information content (AvgIpc) is 3.01. The minimum absolute atomic E-state index is 0.180. The normalized spacial score (nSPS) is 22.7. The second-order valence-corrected chi connectivity index (χ2v) is 6.26. The van der Waals surface area contributed by atoms with Crippen LogP contribution in [0.2, 0.25) is 0 Å². The molecule has 2 heterocycles. The van der Waals surface area contributed by atoms with Crippen molar-refractivity contribution in [1.29, 1.82) is 0 Å². The number of aliphatic hydroxyl groups excluding tert-OH is 1. The van der Waals surface area contributed by atoms with Crippen LogP contribution in [0.5, 0.6) is 5.75 Å². The van der Waals surface area contributed by atoms with E-state index in [9.17, 15) is 9.90 Å². The van der Waals surface area contributed by atoms with E-state index < -0.39 is 12.1 Å². The first-order valence-corrected chi connectivity index (χ1v) is 8.14. The first kappa shape index (κ1) is 14.3. The van der Waals surface area contributed by atoms with Crippen LogP contribution in [0, 0.1) is 0 Å². The van der Waals surface area contributed by atoms with E-state index in [2.05, 4.69) is 10.3 Å². The highest BCUT2D eigenvalue weighted by molar-refractivity contribution is 5.93. The molecule has 0 spiro atoms. The predicted octanol–water partition coefficient (Wildman–Crippen LogP) is 2.12. The maximum atomic E-state index is 12.6. The summed E-state index contributed by atoms with van der Waals surface area (Å²) in [6.07, 6.45) is 3.63. The Bertz CT molecular complexity index is 714. The number of amides is 1. The van der Waals surface area contributed by atoms with E-state index >= 15 is 0 Å². The SMILES string of the molecule is O=C(N[C@H]1c2ccccc2OC[C@H]1O)c1cc2c([nH]1)CCCC2. The van der Waals surface area contributed by atoms with E-state index in [1.54, 1.807) is 0 Å². The number of ether oxygens (including phenoxy) is 1. The second-order valence-electron chi connectivity index (χ2n) is 6.26. The summed E-state index contributed by atoms with van der Waals surface area (Å²) in [7, 11) is 0. The van der Waals surface area contributed by atoms with Gasteiger partial charge in [-0.15, -0.1) is 0 Å². The van der Waals surface area contributed by atoms with Gasteiger partial charge in [0.25, 0.3) is 5.91 Å². The van der Waals surface area contributed by atoms with E-state index in [-0.39, 0.29) is 12.5 Å². The van der Waals surface area contributed by atoms with Crippen molar-refractivity contribution in [2.75, 3.05) is 6.61 Å². The number of aromatic amines is 1. The van der Waals surface area contributed by atoms with Gasteiger partial charge in [0, 0.05) is 11.3 Å². The quantitative estimate of drug-likeness (QED) is 0.795. The Hall–Kier alpha value is -2.27. The molecule has 0 fully saturated rings. The van der Waals surface area contributed by atoms with Crippen LogP contribution < -0.4 is 10.1 Å². The number of aryl methyl sites for hydroxylation is 2. The molecular formula is C18H20N2O3. The third-order valence-corrected chi connectivity index (χ3v) is 4.69. The van der Waals surface area contributed by atoms with Gasteiger partial charge in [0.15, 0.2) is 0 Å². The van der Waals surface area contributed by atoms with Crippen LogP contribution in [0.4, 0.5) is 0 Å². The van der Waals surface area contributed by atoms with Gasteiger partial charge in [-0.3, -0.25) is 4.79 Å². The van der Waals surface area contributed by atoms with Gasteiger partial charge < -0.3 is 20.1 Å². The van der Waals surface area contributed by atoms with Crippen molar-refractivity contribution < 1.29 is 14.6 Å². The van der Waals surface area contributed by atoms with Crippen LogP contribution >= 0.6 is 0 Å². The van der Waals surface area contributed by atoms with Gasteiger partial charge in [-0.2, -0.15) is 0 Å². The number of rotatable bonds is 2. The molecule has 0 radical (unpaired) electrons. The molecule has 23 heavy (non-hydrogen) atoms. The zero-order chi connectivity index (χ0) is 15.8. The molecule has 0 bridgehead atoms. The van der Waals surface area contributed by atoms with Crippen molar-refractivity contribution >= 4 is 5.91 Å². The van der Waals surface area contributed by atoms with Crippen molar-refractivity contribution in [3.63, 3.8) is 0 Å². The van der Waals surface area contributed by atoms with Crippen LogP contribution in [0.25, 0.3) is 0 Å². The number of hydrogen-bond donors (Lipinski definition) is 3. The van der Waals surface area contributed by atoms with E-state index in [0.29, 0.717) is 11.4 Å². The predicted molar refractivity (Wildman–Crippen MR) is 85.6 cm³/mol. The minimum Gasteiger partial charge on any atom is -0.490 e. The monoisotopic (exact) mass is 312 g/mol. The van der Waals surface area contributed by atoms with Gasteiger partial charge in [0.1, 0.15) is 24.2 Å². The molecule has 2 atom stereocenters. The molecule has 2 aliphatic rings. The Morgan fingerprint density at radius 1 is 1.26 bits per heavy atom. The fraction of sp³-hybridized carbons (Fsp3) is 0.389. The number of carbonyl (C=O) groups excluding carboxylic acids is 1. The van der Waals surface area contributed by atoms with Gasteiger partial charge in [-0.25, -0.2) is 0 Å². The van der Waals surface area contributed by atoms with Gasteiger partial charge in [0.2, 0.25) is 0 Å². The fourth-order valence-corrected chi connectivity index (χ4v) is 3.47. The van der Waals surface area contributed by atoms with Crippen molar-refractivity contribution in [3.8, 4) is 5.75 Å². The zero-order valence-electron chi connectivity index (χ0n) is 12.8. The Morgan fingerprint density at radius 3 is 2.96 bits per heavy atom. The average molecular weight is 312 g/mol. The van der Waals surface area contributed by atoms with Crippen LogP contribution in [-0.4, -0.2) is 28.7 Å². The fourth-order valence-electron chi connectivity index (χ4n) is 3.47. The number of nitrogens with one attached hydrogen (secondary N) is 2. The highest BCUT2D eigenvalue weighted by Crippen LogP contribution is 2.32. The molecule has 2 aromatic rings. The molecule has 0 saturated carbocycles. The Kier molecular flexibility index (Phi) is 3.58. The number of aromatic nitrogens is 1. The van der Waals surface area contributed by atoms with Gasteiger partial charge in [-0.05, 0) is 43.4 Å². The first-order chi connectivity index (χ1) is 11.2. The lowest BCUT2D eigenvalue weighted by Crippen LogP contribution is -2.42. The lowest BCUT2D eigenvalue weighted by Gasteiger charge is -2.30. The molecule has 1 aromatic carbocycles. The van der Waals surface area contributed by atoms with E-state index in [4.69, 9.17) is 4.74 Å². The Labute approximate surface area is 134 Å². The maximum absolute atomic E-state index is 12.6. The number of H-pyrrole nitrogens is 1. The van der Waals surface area contributed by atoms with Crippen LogP contribution in [-0.2, 0) is 12.8 Å². The van der Waals surface area contributed by atoms with E-state index in [1.807, 2.05) is 30.3 Å². The minimum atomic E-state index is -0.751.